The molecule has 1 aromatic carbocycles. The van der Waals surface area contributed by atoms with Crippen molar-refractivity contribution in [2.45, 2.75) is 31.8 Å². The van der Waals surface area contributed by atoms with E-state index in [9.17, 15) is 14.7 Å². The summed E-state index contributed by atoms with van der Waals surface area (Å²) in [5.74, 6) is -1.45. The van der Waals surface area contributed by atoms with Gasteiger partial charge in [-0.2, -0.15) is 0 Å². The molecule has 0 amide bonds. The van der Waals surface area contributed by atoms with Gasteiger partial charge in [0.05, 0.1) is 0 Å². The van der Waals surface area contributed by atoms with Crippen molar-refractivity contribution in [2.75, 3.05) is 0 Å². The highest BCUT2D eigenvalue weighted by atomic mass is 127. The molecule has 1 aliphatic carbocycles. The number of esters is 1. The summed E-state index contributed by atoms with van der Waals surface area (Å²) < 4.78 is 7.99. The molecule has 0 aliphatic heterocycles. The number of aromatic nitrogens is 3. The van der Waals surface area contributed by atoms with Crippen LogP contribution in [0.4, 0.5) is 0 Å². The summed E-state index contributed by atoms with van der Waals surface area (Å²) in [4.78, 5) is 32.9. The Bertz CT molecular complexity index is 1130. The second-order valence-electron chi connectivity index (χ2n) is 7.01. The first-order valence-electron chi connectivity index (χ1n) is 9.06. The van der Waals surface area contributed by atoms with Crippen LogP contribution in [0.5, 0.6) is 0 Å². The molecular formula is C20H17ClIN3O4. The summed E-state index contributed by atoms with van der Waals surface area (Å²) in [7, 11) is 0. The zero-order valence-corrected chi connectivity index (χ0v) is 18.3. The van der Waals surface area contributed by atoms with Crippen LogP contribution in [0.3, 0.4) is 0 Å². The SMILES string of the molecule is CC(=O)O[C@@](C(=O)O)(c1cccc(-c2nc(I)c3c(Cl)nccn23)c1)C1CCC1. The third-order valence-corrected chi connectivity index (χ3v) is 6.35. The number of rotatable bonds is 5. The molecule has 1 saturated carbocycles. The van der Waals surface area contributed by atoms with Gasteiger partial charge in [-0.25, -0.2) is 14.8 Å². The van der Waals surface area contributed by atoms with Crippen molar-refractivity contribution in [3.05, 3.63) is 51.1 Å². The van der Waals surface area contributed by atoms with Crippen LogP contribution < -0.4 is 0 Å². The monoisotopic (exact) mass is 525 g/mol. The Morgan fingerprint density at radius 2 is 2.14 bits per heavy atom. The molecule has 29 heavy (non-hydrogen) atoms. The lowest BCUT2D eigenvalue weighted by molar-refractivity contribution is -0.191. The van der Waals surface area contributed by atoms with Gasteiger partial charge in [-0.15, -0.1) is 0 Å². The summed E-state index contributed by atoms with van der Waals surface area (Å²) in [6.45, 7) is 1.24. The smallest absolute Gasteiger partial charge is 0.353 e. The fraction of sp³-hybridized carbons (Fsp3) is 0.300. The second kappa shape index (κ2) is 7.56. The molecule has 0 bridgehead atoms. The van der Waals surface area contributed by atoms with Crippen LogP contribution in [0, 0.1) is 9.62 Å². The fourth-order valence-electron chi connectivity index (χ4n) is 3.82. The van der Waals surface area contributed by atoms with E-state index in [1.54, 1.807) is 30.6 Å². The van der Waals surface area contributed by atoms with Crippen molar-refractivity contribution in [2.24, 2.45) is 5.92 Å². The number of imidazole rings is 1. The lowest BCUT2D eigenvalue weighted by atomic mass is 9.69. The van der Waals surface area contributed by atoms with E-state index in [2.05, 4.69) is 32.6 Å². The normalized spacial score (nSPS) is 16.2. The van der Waals surface area contributed by atoms with Crippen LogP contribution in [0.2, 0.25) is 5.15 Å². The maximum Gasteiger partial charge on any atom is 0.353 e. The molecule has 0 radical (unpaired) electrons. The number of hydrogen-bond acceptors (Lipinski definition) is 5. The third-order valence-electron chi connectivity index (χ3n) is 5.32. The van der Waals surface area contributed by atoms with Gasteiger partial charge in [-0.05, 0) is 41.5 Å². The molecule has 9 heteroatoms. The number of hydrogen-bond donors (Lipinski definition) is 1. The predicted molar refractivity (Wildman–Crippen MR) is 115 cm³/mol. The number of nitrogens with zero attached hydrogens (tertiary/aromatic N) is 3. The molecule has 150 valence electrons. The molecule has 0 unspecified atom stereocenters. The number of carboxylic acids is 1. The molecule has 7 nitrogen and oxygen atoms in total. The number of carbonyl (C=O) groups is 2. The van der Waals surface area contributed by atoms with E-state index < -0.39 is 17.5 Å². The Balaban J connectivity index is 1.90. The zero-order valence-electron chi connectivity index (χ0n) is 15.4. The van der Waals surface area contributed by atoms with Crippen LogP contribution in [0.25, 0.3) is 16.9 Å². The Morgan fingerprint density at radius 1 is 1.38 bits per heavy atom. The number of carboxylic acid groups (broad SMARTS) is 1. The molecule has 1 N–H and O–H groups in total. The van der Waals surface area contributed by atoms with Gasteiger partial charge in [0.2, 0.25) is 5.60 Å². The van der Waals surface area contributed by atoms with Gasteiger partial charge in [-0.1, -0.05) is 36.2 Å². The van der Waals surface area contributed by atoms with E-state index in [0.717, 1.165) is 6.42 Å². The largest absolute Gasteiger partial charge is 0.478 e. The molecule has 2 aromatic heterocycles. The number of halogens is 2. The van der Waals surface area contributed by atoms with Crippen LogP contribution in [-0.4, -0.2) is 31.4 Å². The highest BCUT2D eigenvalue weighted by Gasteiger charge is 2.53. The van der Waals surface area contributed by atoms with Gasteiger partial charge in [0.1, 0.15) is 15.0 Å². The van der Waals surface area contributed by atoms with E-state index in [1.807, 2.05) is 10.5 Å². The Morgan fingerprint density at radius 3 is 2.76 bits per heavy atom. The van der Waals surface area contributed by atoms with Gasteiger partial charge in [0, 0.05) is 36.4 Å². The third kappa shape index (κ3) is 3.28. The molecule has 1 atom stereocenters. The Kier molecular flexibility index (Phi) is 5.24. The average molecular weight is 526 g/mol. The number of aliphatic carboxylic acids is 1. The highest BCUT2D eigenvalue weighted by molar-refractivity contribution is 14.1. The van der Waals surface area contributed by atoms with Crippen LogP contribution >= 0.6 is 34.2 Å². The van der Waals surface area contributed by atoms with Crippen molar-refractivity contribution >= 4 is 51.6 Å². The Labute approximate surface area is 185 Å². The first-order chi connectivity index (χ1) is 13.8. The van der Waals surface area contributed by atoms with Gasteiger partial charge < -0.3 is 9.84 Å². The summed E-state index contributed by atoms with van der Waals surface area (Å²) in [5, 5.41) is 10.4. The maximum atomic E-state index is 12.4. The van der Waals surface area contributed by atoms with E-state index >= 15 is 0 Å². The average Bonchev–Trinajstić information content (AvgIpc) is 2.97. The van der Waals surface area contributed by atoms with Crippen molar-refractivity contribution in [3.8, 4) is 11.4 Å². The van der Waals surface area contributed by atoms with Crippen LogP contribution in [0.1, 0.15) is 31.7 Å². The van der Waals surface area contributed by atoms with E-state index in [0.29, 0.717) is 44.2 Å². The van der Waals surface area contributed by atoms with Gasteiger partial charge in [0.25, 0.3) is 0 Å². The van der Waals surface area contributed by atoms with Gasteiger partial charge in [-0.3, -0.25) is 9.20 Å². The minimum Gasteiger partial charge on any atom is -0.478 e. The fourth-order valence-corrected chi connectivity index (χ4v) is 4.96. The van der Waals surface area contributed by atoms with Gasteiger partial charge >= 0.3 is 11.9 Å². The molecule has 3 aromatic rings. The van der Waals surface area contributed by atoms with Crippen molar-refractivity contribution in [1.29, 1.82) is 0 Å². The molecular weight excluding hydrogens is 509 g/mol. The van der Waals surface area contributed by atoms with Crippen molar-refractivity contribution in [3.63, 3.8) is 0 Å². The number of carbonyl (C=O) groups excluding carboxylic acids is 1. The van der Waals surface area contributed by atoms with E-state index in [4.69, 9.17) is 16.3 Å². The maximum absolute atomic E-state index is 12.4. The van der Waals surface area contributed by atoms with E-state index in [-0.39, 0.29) is 5.92 Å². The van der Waals surface area contributed by atoms with Crippen molar-refractivity contribution in [1.82, 2.24) is 14.4 Å². The zero-order chi connectivity index (χ0) is 20.8. The number of fused-ring (bicyclic) bond motifs is 1. The molecule has 0 saturated heterocycles. The molecule has 2 heterocycles. The van der Waals surface area contributed by atoms with Gasteiger partial charge in [0.15, 0.2) is 5.15 Å². The topological polar surface area (TPSA) is 93.8 Å². The standard InChI is InChI=1S/C20H17ClIN3O4/c1-11(26)29-20(19(27)28,13-5-3-6-13)14-7-2-4-12(10-14)18-24-17(22)15-16(21)23-8-9-25(15)18/h2,4,7-10,13H,3,5-6H2,1H3,(H,27,28)/t20-/m1/s1. The number of benzene rings is 1. The number of ether oxygens (including phenoxy) is 1. The van der Waals surface area contributed by atoms with Crippen LogP contribution in [-0.2, 0) is 19.9 Å². The summed E-state index contributed by atoms with van der Waals surface area (Å²) in [6, 6.07) is 7.01. The first kappa shape index (κ1) is 20.1. The summed E-state index contributed by atoms with van der Waals surface area (Å²) >= 11 is 8.31. The molecule has 4 rings (SSSR count). The second-order valence-corrected chi connectivity index (χ2v) is 8.39. The lowest BCUT2D eigenvalue weighted by Gasteiger charge is -2.41. The van der Waals surface area contributed by atoms with E-state index in [1.165, 1.54) is 6.92 Å². The van der Waals surface area contributed by atoms with Crippen molar-refractivity contribution < 1.29 is 19.4 Å². The summed E-state index contributed by atoms with van der Waals surface area (Å²) in [6.07, 6.45) is 5.62. The predicted octanol–water partition coefficient (Wildman–Crippen LogP) is 4.30. The first-order valence-corrected chi connectivity index (χ1v) is 10.5. The Hall–Kier alpha value is -2.20. The minimum absolute atomic E-state index is 0.269. The molecule has 1 fully saturated rings. The minimum atomic E-state index is -1.71. The van der Waals surface area contributed by atoms with Crippen LogP contribution in [0.15, 0.2) is 36.7 Å². The quantitative estimate of drug-likeness (QED) is 0.394. The molecule has 1 aliphatic rings. The lowest BCUT2D eigenvalue weighted by Crippen LogP contribution is -2.49. The molecule has 0 spiro atoms. The highest BCUT2D eigenvalue weighted by Crippen LogP contribution is 2.46. The summed E-state index contributed by atoms with van der Waals surface area (Å²) in [5.41, 5.74) is 0.0900.